The van der Waals surface area contributed by atoms with Gasteiger partial charge in [-0.1, -0.05) is 0 Å². The zero-order valence-corrected chi connectivity index (χ0v) is 10.5. The second-order valence-electron chi connectivity index (χ2n) is 4.97. The van der Waals surface area contributed by atoms with E-state index in [0.29, 0.717) is 11.5 Å². The van der Waals surface area contributed by atoms with Crippen LogP contribution >= 0.6 is 0 Å². The molecule has 1 aliphatic carbocycles. The van der Waals surface area contributed by atoms with Crippen LogP contribution in [0.15, 0.2) is 12.1 Å². The second-order valence-corrected chi connectivity index (χ2v) is 4.97. The monoisotopic (exact) mass is 241 g/mol. The van der Waals surface area contributed by atoms with Crippen LogP contribution in [0, 0.1) is 13.8 Å². The van der Waals surface area contributed by atoms with E-state index in [4.69, 9.17) is 5.73 Å². The van der Waals surface area contributed by atoms with Gasteiger partial charge in [0.15, 0.2) is 0 Å². The highest BCUT2D eigenvalue weighted by Crippen LogP contribution is 2.45. The van der Waals surface area contributed by atoms with Gasteiger partial charge in [-0.15, -0.1) is 0 Å². The van der Waals surface area contributed by atoms with Crippen molar-refractivity contribution in [3.8, 4) is 0 Å². The minimum atomic E-state index is -0.354. The maximum atomic E-state index is 11.6. The van der Waals surface area contributed by atoms with Gasteiger partial charge < -0.3 is 5.73 Å². The van der Waals surface area contributed by atoms with E-state index in [1.54, 1.807) is 6.07 Å². The first-order valence-electron chi connectivity index (χ1n) is 6.16. The van der Waals surface area contributed by atoms with Crippen molar-refractivity contribution in [2.75, 3.05) is 0 Å². The van der Waals surface area contributed by atoms with Gasteiger partial charge in [0.25, 0.3) is 0 Å². The smallest absolute Gasteiger partial charge is 0.249 e. The number of amides is 1. The minimum absolute atomic E-state index is 0.354. The molecule has 0 bridgehead atoms. The first-order chi connectivity index (χ1) is 8.59. The van der Waals surface area contributed by atoms with E-state index in [9.17, 15) is 4.79 Å². The molecule has 1 aromatic carbocycles. The fourth-order valence-electron chi connectivity index (χ4n) is 2.48. The normalized spacial score (nSPS) is 15.0. The van der Waals surface area contributed by atoms with Crippen molar-refractivity contribution in [1.82, 2.24) is 10.2 Å². The van der Waals surface area contributed by atoms with E-state index in [1.807, 2.05) is 19.9 Å². The highest BCUT2D eigenvalue weighted by molar-refractivity contribution is 6.01. The summed E-state index contributed by atoms with van der Waals surface area (Å²) in [6, 6.07) is 3.61. The SMILES string of the molecule is Cc1nnc2ccc(C(N)=O)c(C3CC3)c2c1C. The molecule has 1 saturated carbocycles. The summed E-state index contributed by atoms with van der Waals surface area (Å²) in [5.41, 5.74) is 10.1. The number of hydrogen-bond donors (Lipinski definition) is 1. The molecule has 2 aromatic rings. The number of primary amides is 1. The van der Waals surface area contributed by atoms with Crippen LogP contribution in [0.25, 0.3) is 10.9 Å². The predicted molar refractivity (Wildman–Crippen MR) is 69.5 cm³/mol. The molecule has 2 N–H and O–H groups in total. The zero-order chi connectivity index (χ0) is 12.9. The number of carbonyl (C=O) groups excluding carboxylic acids is 1. The van der Waals surface area contributed by atoms with Gasteiger partial charge in [-0.05, 0) is 55.9 Å². The third-order valence-corrected chi connectivity index (χ3v) is 3.70. The summed E-state index contributed by atoms with van der Waals surface area (Å²) in [6.45, 7) is 3.97. The number of hydrogen-bond acceptors (Lipinski definition) is 3. The van der Waals surface area contributed by atoms with Gasteiger partial charge in [-0.3, -0.25) is 4.79 Å². The molecule has 0 aliphatic heterocycles. The summed E-state index contributed by atoms with van der Waals surface area (Å²) in [5, 5.41) is 9.42. The van der Waals surface area contributed by atoms with E-state index in [-0.39, 0.29) is 5.91 Å². The van der Waals surface area contributed by atoms with Crippen molar-refractivity contribution in [2.45, 2.75) is 32.6 Å². The summed E-state index contributed by atoms with van der Waals surface area (Å²) in [6.07, 6.45) is 2.25. The fraction of sp³-hybridized carbons (Fsp3) is 0.357. The van der Waals surface area contributed by atoms with Crippen LogP contribution in [0.2, 0.25) is 0 Å². The lowest BCUT2D eigenvalue weighted by Crippen LogP contribution is -2.14. The van der Waals surface area contributed by atoms with Gasteiger partial charge in [-0.2, -0.15) is 10.2 Å². The first kappa shape index (κ1) is 11.1. The maximum Gasteiger partial charge on any atom is 0.249 e. The first-order valence-corrected chi connectivity index (χ1v) is 6.16. The zero-order valence-electron chi connectivity index (χ0n) is 10.5. The Morgan fingerprint density at radius 3 is 2.61 bits per heavy atom. The maximum absolute atomic E-state index is 11.6. The van der Waals surface area contributed by atoms with Gasteiger partial charge in [0.1, 0.15) is 0 Å². The number of benzene rings is 1. The quantitative estimate of drug-likeness (QED) is 0.876. The fourth-order valence-corrected chi connectivity index (χ4v) is 2.48. The molecule has 92 valence electrons. The Kier molecular flexibility index (Phi) is 2.33. The van der Waals surface area contributed by atoms with Crippen LogP contribution in [0.5, 0.6) is 0 Å². The Balaban J connectivity index is 2.43. The minimum Gasteiger partial charge on any atom is -0.366 e. The van der Waals surface area contributed by atoms with E-state index in [2.05, 4.69) is 10.2 Å². The molecule has 1 fully saturated rings. The van der Waals surface area contributed by atoms with Crippen LogP contribution in [0.4, 0.5) is 0 Å². The van der Waals surface area contributed by atoms with Crippen molar-refractivity contribution >= 4 is 16.8 Å². The van der Waals surface area contributed by atoms with Gasteiger partial charge in [0, 0.05) is 10.9 Å². The van der Waals surface area contributed by atoms with Crippen LogP contribution in [-0.2, 0) is 0 Å². The average Bonchev–Trinajstić information content (AvgIpc) is 3.16. The average molecular weight is 241 g/mol. The number of aryl methyl sites for hydroxylation is 2. The number of fused-ring (bicyclic) bond motifs is 1. The molecule has 1 amide bonds. The standard InChI is InChI=1S/C14H15N3O/c1-7-8(2)16-17-11-6-5-10(14(15)18)13(12(7)11)9-3-4-9/h5-6,9H,3-4H2,1-2H3,(H2,15,18). The summed E-state index contributed by atoms with van der Waals surface area (Å²) in [5.74, 6) is 0.103. The summed E-state index contributed by atoms with van der Waals surface area (Å²) in [4.78, 5) is 11.6. The van der Waals surface area contributed by atoms with Crippen LogP contribution in [-0.4, -0.2) is 16.1 Å². The Labute approximate surface area is 105 Å². The van der Waals surface area contributed by atoms with Crippen molar-refractivity contribution in [2.24, 2.45) is 5.73 Å². The highest BCUT2D eigenvalue weighted by atomic mass is 16.1. The third kappa shape index (κ3) is 1.56. The van der Waals surface area contributed by atoms with E-state index in [1.165, 1.54) is 0 Å². The molecule has 1 heterocycles. The molecule has 0 radical (unpaired) electrons. The lowest BCUT2D eigenvalue weighted by molar-refractivity contribution is 0.0999. The van der Waals surface area contributed by atoms with Crippen molar-refractivity contribution < 1.29 is 4.79 Å². The highest BCUT2D eigenvalue weighted by Gasteiger charge is 2.30. The molecule has 0 atom stereocenters. The summed E-state index contributed by atoms with van der Waals surface area (Å²) < 4.78 is 0. The topological polar surface area (TPSA) is 68.9 Å². The van der Waals surface area contributed by atoms with Gasteiger partial charge in [0.05, 0.1) is 11.2 Å². The molecule has 0 unspecified atom stereocenters. The van der Waals surface area contributed by atoms with Crippen LogP contribution in [0.3, 0.4) is 0 Å². The Bertz CT molecular complexity index is 660. The third-order valence-electron chi connectivity index (χ3n) is 3.70. The number of carbonyl (C=O) groups is 1. The number of nitrogens with zero attached hydrogens (tertiary/aromatic N) is 2. The molecule has 1 aliphatic rings. The van der Waals surface area contributed by atoms with E-state index >= 15 is 0 Å². The molecule has 4 nitrogen and oxygen atoms in total. The largest absolute Gasteiger partial charge is 0.366 e. The molecular formula is C14H15N3O. The van der Waals surface area contributed by atoms with Crippen molar-refractivity contribution in [1.29, 1.82) is 0 Å². The summed E-state index contributed by atoms with van der Waals surface area (Å²) >= 11 is 0. The van der Waals surface area contributed by atoms with Gasteiger partial charge in [-0.25, -0.2) is 0 Å². The number of rotatable bonds is 2. The van der Waals surface area contributed by atoms with E-state index < -0.39 is 0 Å². The lowest BCUT2D eigenvalue weighted by Gasteiger charge is -2.12. The molecule has 0 spiro atoms. The molecule has 4 heteroatoms. The van der Waals surface area contributed by atoms with Crippen molar-refractivity contribution in [3.05, 3.63) is 34.5 Å². The molecule has 0 saturated heterocycles. The Morgan fingerprint density at radius 2 is 2.00 bits per heavy atom. The van der Waals surface area contributed by atoms with E-state index in [0.717, 1.165) is 40.6 Å². The van der Waals surface area contributed by atoms with Crippen molar-refractivity contribution in [3.63, 3.8) is 0 Å². The number of nitrogens with two attached hydrogens (primary N) is 1. The van der Waals surface area contributed by atoms with Crippen LogP contribution < -0.4 is 5.73 Å². The molecule has 1 aromatic heterocycles. The van der Waals surface area contributed by atoms with Gasteiger partial charge >= 0.3 is 0 Å². The van der Waals surface area contributed by atoms with Crippen LogP contribution in [0.1, 0.15) is 45.9 Å². The Morgan fingerprint density at radius 1 is 1.28 bits per heavy atom. The number of aromatic nitrogens is 2. The van der Waals surface area contributed by atoms with Gasteiger partial charge in [0.2, 0.25) is 5.91 Å². The second kappa shape index (κ2) is 3.77. The summed E-state index contributed by atoms with van der Waals surface area (Å²) in [7, 11) is 0. The Hall–Kier alpha value is -1.97. The molecule has 18 heavy (non-hydrogen) atoms. The predicted octanol–water partition coefficient (Wildman–Crippen LogP) is 2.22. The molecular weight excluding hydrogens is 226 g/mol. The molecule has 3 rings (SSSR count). The lowest BCUT2D eigenvalue weighted by atomic mass is 9.94.